The van der Waals surface area contributed by atoms with Crippen LogP contribution in [-0.4, -0.2) is 42.5 Å². The number of aliphatic carboxylic acids is 2. The van der Waals surface area contributed by atoms with Crippen molar-refractivity contribution in [2.45, 2.75) is 39.4 Å². The zero-order chi connectivity index (χ0) is 16.4. The lowest BCUT2D eigenvalue weighted by atomic mass is 10.1. The quantitative estimate of drug-likeness (QED) is 0.507. The van der Waals surface area contributed by atoms with Gasteiger partial charge in [0.05, 0.1) is 18.9 Å². The SMILES string of the molecule is Cc1ncc(CO)c(CO)c1O.O=C(O)CCCC(=O)O. The highest BCUT2D eigenvalue weighted by Crippen LogP contribution is 2.23. The fourth-order valence-electron chi connectivity index (χ4n) is 1.39. The maximum Gasteiger partial charge on any atom is 0.303 e. The predicted molar refractivity (Wildman–Crippen MR) is 71.6 cm³/mol. The van der Waals surface area contributed by atoms with E-state index < -0.39 is 11.9 Å². The van der Waals surface area contributed by atoms with E-state index in [-0.39, 0.29) is 38.2 Å². The number of hydrogen-bond acceptors (Lipinski definition) is 6. The Morgan fingerprint density at radius 1 is 1.10 bits per heavy atom. The Bertz CT molecular complexity index is 474. The fourth-order valence-corrected chi connectivity index (χ4v) is 1.39. The van der Waals surface area contributed by atoms with Crippen molar-refractivity contribution in [1.82, 2.24) is 4.98 Å². The second kappa shape index (κ2) is 9.67. The molecule has 5 N–H and O–H groups in total. The summed E-state index contributed by atoms with van der Waals surface area (Å²) < 4.78 is 0. The van der Waals surface area contributed by atoms with Crippen LogP contribution in [0.25, 0.3) is 0 Å². The molecule has 0 spiro atoms. The Kier molecular flexibility index (Phi) is 8.66. The van der Waals surface area contributed by atoms with Gasteiger partial charge in [0.2, 0.25) is 0 Å². The van der Waals surface area contributed by atoms with Crippen LogP contribution in [0.4, 0.5) is 0 Å². The Morgan fingerprint density at radius 2 is 1.62 bits per heavy atom. The molecule has 0 amide bonds. The third-order valence-corrected chi connectivity index (χ3v) is 2.54. The maximum absolute atomic E-state index is 9.79. The smallest absolute Gasteiger partial charge is 0.303 e. The van der Waals surface area contributed by atoms with Crippen molar-refractivity contribution in [2.75, 3.05) is 0 Å². The summed E-state index contributed by atoms with van der Waals surface area (Å²) >= 11 is 0. The molecule has 8 nitrogen and oxygen atoms in total. The zero-order valence-electron chi connectivity index (χ0n) is 11.6. The Hall–Kier alpha value is -2.19. The molecule has 0 fully saturated rings. The summed E-state index contributed by atoms with van der Waals surface area (Å²) in [5, 5.41) is 43.1. The molecular weight excluding hydrogens is 282 g/mol. The molecule has 0 aliphatic rings. The number of carbonyl (C=O) groups is 2. The fraction of sp³-hybridized carbons (Fsp3) is 0.462. The second-order valence-electron chi connectivity index (χ2n) is 4.15. The first-order valence-electron chi connectivity index (χ1n) is 6.15. The van der Waals surface area contributed by atoms with Gasteiger partial charge in [-0.3, -0.25) is 14.6 Å². The molecule has 0 aliphatic heterocycles. The van der Waals surface area contributed by atoms with Gasteiger partial charge >= 0.3 is 11.9 Å². The molecule has 0 aliphatic carbocycles. The van der Waals surface area contributed by atoms with Crippen LogP contribution in [0.1, 0.15) is 36.1 Å². The van der Waals surface area contributed by atoms with Crippen molar-refractivity contribution in [3.8, 4) is 5.75 Å². The minimum absolute atomic E-state index is 0.0379. The van der Waals surface area contributed by atoms with Crippen LogP contribution < -0.4 is 0 Å². The van der Waals surface area contributed by atoms with Crippen molar-refractivity contribution in [3.63, 3.8) is 0 Å². The van der Waals surface area contributed by atoms with Gasteiger partial charge in [0.15, 0.2) is 0 Å². The average Bonchev–Trinajstić information content (AvgIpc) is 2.41. The molecule has 8 heteroatoms. The molecule has 0 bridgehead atoms. The number of nitrogens with zero attached hydrogens (tertiary/aromatic N) is 1. The minimum Gasteiger partial charge on any atom is -0.506 e. The first-order valence-corrected chi connectivity index (χ1v) is 6.15. The molecule has 1 aromatic rings. The van der Waals surface area contributed by atoms with Crippen LogP contribution in [0.15, 0.2) is 6.20 Å². The largest absolute Gasteiger partial charge is 0.506 e. The van der Waals surface area contributed by atoms with Gasteiger partial charge in [-0.1, -0.05) is 0 Å². The van der Waals surface area contributed by atoms with Crippen LogP contribution in [0.2, 0.25) is 0 Å². The molecule has 1 heterocycles. The average molecular weight is 301 g/mol. The van der Waals surface area contributed by atoms with Crippen molar-refractivity contribution >= 4 is 11.9 Å². The van der Waals surface area contributed by atoms with Crippen LogP contribution in [0, 0.1) is 6.92 Å². The van der Waals surface area contributed by atoms with E-state index in [1.54, 1.807) is 6.92 Å². The van der Waals surface area contributed by atoms with E-state index in [1.807, 2.05) is 0 Å². The number of pyridine rings is 1. The first kappa shape index (κ1) is 18.8. The van der Waals surface area contributed by atoms with Gasteiger partial charge in [0.25, 0.3) is 0 Å². The Morgan fingerprint density at radius 3 is 2.00 bits per heavy atom. The topological polar surface area (TPSA) is 148 Å². The summed E-state index contributed by atoms with van der Waals surface area (Å²) in [5.41, 5.74) is 1.27. The molecule has 0 unspecified atom stereocenters. The normalized spacial score (nSPS) is 9.67. The van der Waals surface area contributed by atoms with Crippen molar-refractivity contribution < 1.29 is 35.1 Å². The lowest BCUT2D eigenvalue weighted by molar-refractivity contribution is -0.138. The van der Waals surface area contributed by atoms with Gasteiger partial charge in [-0.05, 0) is 13.3 Å². The molecule has 0 saturated carbocycles. The number of aromatic hydroxyl groups is 1. The molecule has 1 aromatic heterocycles. The van der Waals surface area contributed by atoms with Crippen LogP contribution >= 0.6 is 0 Å². The van der Waals surface area contributed by atoms with Gasteiger partial charge in [-0.25, -0.2) is 0 Å². The van der Waals surface area contributed by atoms with Crippen LogP contribution in [0.5, 0.6) is 5.75 Å². The standard InChI is InChI=1S/C8H11NO3.C5H8O4/c1-5-8(12)7(4-11)6(3-10)2-9-5;6-4(7)2-1-3-5(8)9/h2,10-12H,3-4H2,1H3;1-3H2,(H,6,7)(H,8,9). The monoisotopic (exact) mass is 301 g/mol. The summed E-state index contributed by atoms with van der Waals surface area (Å²) in [4.78, 5) is 23.4. The molecule has 0 saturated heterocycles. The number of aliphatic hydroxyl groups is 2. The van der Waals surface area contributed by atoms with Crippen LogP contribution in [-0.2, 0) is 22.8 Å². The number of hydrogen-bond donors (Lipinski definition) is 5. The Labute approximate surface area is 121 Å². The highest BCUT2D eigenvalue weighted by atomic mass is 16.4. The minimum atomic E-state index is -0.948. The van der Waals surface area contributed by atoms with E-state index in [4.69, 9.17) is 20.4 Å². The van der Waals surface area contributed by atoms with E-state index in [1.165, 1.54) is 6.20 Å². The molecule has 118 valence electrons. The van der Waals surface area contributed by atoms with Gasteiger partial charge in [-0.2, -0.15) is 0 Å². The third kappa shape index (κ3) is 7.23. The Balaban J connectivity index is 0.000000400. The van der Waals surface area contributed by atoms with E-state index in [0.717, 1.165) is 0 Å². The van der Waals surface area contributed by atoms with Crippen molar-refractivity contribution in [1.29, 1.82) is 0 Å². The summed E-state index contributed by atoms with van der Waals surface area (Å²) in [6, 6.07) is 0. The molecule has 0 atom stereocenters. The highest BCUT2D eigenvalue weighted by Gasteiger charge is 2.09. The number of aryl methyl sites for hydroxylation is 1. The summed E-state index contributed by atoms with van der Waals surface area (Å²) in [6.45, 7) is 1.12. The van der Waals surface area contributed by atoms with Crippen LogP contribution in [0.3, 0.4) is 0 Å². The van der Waals surface area contributed by atoms with E-state index in [0.29, 0.717) is 16.8 Å². The summed E-state index contributed by atoms with van der Waals surface area (Å²) in [6.07, 6.45) is 1.53. The number of carboxylic acids is 2. The number of carboxylic acid groups (broad SMARTS) is 2. The zero-order valence-corrected chi connectivity index (χ0v) is 11.6. The molecule has 0 aromatic carbocycles. The first-order chi connectivity index (χ1) is 9.83. The van der Waals surface area contributed by atoms with E-state index in [2.05, 4.69) is 4.98 Å². The highest BCUT2D eigenvalue weighted by molar-refractivity contribution is 5.69. The summed E-state index contributed by atoms with van der Waals surface area (Å²) in [5.74, 6) is -1.93. The molecule has 1 rings (SSSR count). The third-order valence-electron chi connectivity index (χ3n) is 2.54. The summed E-state index contributed by atoms with van der Waals surface area (Å²) in [7, 11) is 0. The number of aliphatic hydroxyl groups excluding tert-OH is 2. The molecule has 0 radical (unpaired) electrons. The second-order valence-corrected chi connectivity index (χ2v) is 4.15. The number of aromatic nitrogens is 1. The van der Waals surface area contributed by atoms with Gasteiger partial charge in [0, 0.05) is 30.2 Å². The van der Waals surface area contributed by atoms with Crippen molar-refractivity contribution in [2.24, 2.45) is 0 Å². The lowest BCUT2D eigenvalue weighted by Gasteiger charge is -2.07. The van der Waals surface area contributed by atoms with E-state index in [9.17, 15) is 14.7 Å². The maximum atomic E-state index is 9.79. The number of rotatable bonds is 6. The van der Waals surface area contributed by atoms with Gasteiger partial charge < -0.3 is 25.5 Å². The predicted octanol–water partition coefficient (Wildman–Crippen LogP) is 0.406. The molecule has 21 heavy (non-hydrogen) atoms. The van der Waals surface area contributed by atoms with Gasteiger partial charge in [0.1, 0.15) is 5.75 Å². The molecular formula is C13H19NO7. The van der Waals surface area contributed by atoms with Crippen molar-refractivity contribution in [3.05, 3.63) is 23.0 Å². The van der Waals surface area contributed by atoms with E-state index >= 15 is 0 Å². The van der Waals surface area contributed by atoms with Gasteiger partial charge in [-0.15, -0.1) is 0 Å². The lowest BCUT2D eigenvalue weighted by Crippen LogP contribution is -1.98.